The largest absolute Gasteiger partial charge is 0.383 e. The number of carbonyl (C=O) groups is 1. The molecule has 2 atom stereocenters. The van der Waals surface area contributed by atoms with Gasteiger partial charge < -0.3 is 20.3 Å². The summed E-state index contributed by atoms with van der Waals surface area (Å²) in [5, 5.41) is 6.13. The Bertz CT molecular complexity index is 248. The topological polar surface area (TPSA) is 53.6 Å². The Labute approximate surface area is 110 Å². The summed E-state index contributed by atoms with van der Waals surface area (Å²) < 4.78 is 4.88. The molecule has 0 saturated carbocycles. The third-order valence-electron chi connectivity index (χ3n) is 3.58. The second kappa shape index (κ2) is 8.45. The van der Waals surface area contributed by atoms with E-state index in [1.54, 1.807) is 7.11 Å². The molecule has 0 radical (unpaired) electrons. The van der Waals surface area contributed by atoms with Crippen molar-refractivity contribution >= 4 is 5.91 Å². The van der Waals surface area contributed by atoms with Crippen LogP contribution in [-0.4, -0.2) is 63.8 Å². The highest BCUT2D eigenvalue weighted by Crippen LogP contribution is 2.18. The molecule has 1 amide bonds. The standard InChI is InChI=1S/C13H27N3O2/c1-11(12-5-4-7-16(2)10-12)15-9-13(17)14-6-8-18-3/h11-12,15H,4-10H2,1-3H3,(H,14,17). The number of ether oxygens (including phenoxy) is 1. The van der Waals surface area contributed by atoms with Crippen molar-refractivity contribution in [2.24, 2.45) is 5.92 Å². The van der Waals surface area contributed by atoms with Crippen LogP contribution in [0, 0.1) is 5.92 Å². The van der Waals surface area contributed by atoms with E-state index in [0.717, 1.165) is 6.54 Å². The molecule has 0 aromatic heterocycles. The van der Waals surface area contributed by atoms with E-state index in [0.29, 0.717) is 31.7 Å². The lowest BCUT2D eigenvalue weighted by Crippen LogP contribution is -2.46. The number of likely N-dealkylation sites (tertiary alicyclic amines) is 1. The summed E-state index contributed by atoms with van der Waals surface area (Å²) in [6.07, 6.45) is 2.51. The number of nitrogens with zero attached hydrogens (tertiary/aromatic N) is 1. The van der Waals surface area contributed by atoms with Crippen molar-refractivity contribution < 1.29 is 9.53 Å². The normalized spacial score (nSPS) is 22.7. The van der Waals surface area contributed by atoms with Crippen molar-refractivity contribution in [3.8, 4) is 0 Å². The summed E-state index contributed by atoms with van der Waals surface area (Å²) in [7, 11) is 3.79. The number of methoxy groups -OCH3 is 1. The van der Waals surface area contributed by atoms with E-state index in [1.165, 1.54) is 19.4 Å². The molecule has 2 N–H and O–H groups in total. The second-order valence-electron chi connectivity index (χ2n) is 5.18. The third-order valence-corrected chi connectivity index (χ3v) is 3.58. The van der Waals surface area contributed by atoms with Gasteiger partial charge in [0, 0.05) is 26.2 Å². The van der Waals surface area contributed by atoms with Gasteiger partial charge in [-0.15, -0.1) is 0 Å². The molecular formula is C13H27N3O2. The quantitative estimate of drug-likeness (QED) is 0.634. The number of piperidine rings is 1. The minimum atomic E-state index is 0.0445. The first-order chi connectivity index (χ1) is 8.63. The molecule has 1 rings (SSSR count). The molecule has 5 heteroatoms. The molecular weight excluding hydrogens is 230 g/mol. The summed E-state index contributed by atoms with van der Waals surface area (Å²) >= 11 is 0. The monoisotopic (exact) mass is 257 g/mol. The molecule has 1 aliphatic heterocycles. The fraction of sp³-hybridized carbons (Fsp3) is 0.923. The van der Waals surface area contributed by atoms with Gasteiger partial charge in [-0.25, -0.2) is 0 Å². The Morgan fingerprint density at radius 3 is 3.00 bits per heavy atom. The Morgan fingerprint density at radius 2 is 2.33 bits per heavy atom. The maximum atomic E-state index is 11.5. The van der Waals surface area contributed by atoms with E-state index < -0.39 is 0 Å². The van der Waals surface area contributed by atoms with E-state index in [1.807, 2.05) is 0 Å². The van der Waals surface area contributed by atoms with Gasteiger partial charge in [-0.2, -0.15) is 0 Å². The maximum absolute atomic E-state index is 11.5. The number of rotatable bonds is 7. The van der Waals surface area contributed by atoms with Crippen molar-refractivity contribution in [2.75, 3.05) is 46.9 Å². The molecule has 1 saturated heterocycles. The molecule has 0 bridgehead atoms. The maximum Gasteiger partial charge on any atom is 0.234 e. The van der Waals surface area contributed by atoms with Crippen LogP contribution in [0.5, 0.6) is 0 Å². The molecule has 1 fully saturated rings. The molecule has 0 aliphatic carbocycles. The highest BCUT2D eigenvalue weighted by Gasteiger charge is 2.22. The first-order valence-electron chi connectivity index (χ1n) is 6.81. The smallest absolute Gasteiger partial charge is 0.234 e. The van der Waals surface area contributed by atoms with Crippen LogP contribution in [0.1, 0.15) is 19.8 Å². The average molecular weight is 257 g/mol. The lowest BCUT2D eigenvalue weighted by atomic mass is 9.92. The van der Waals surface area contributed by atoms with Crippen molar-refractivity contribution in [3.63, 3.8) is 0 Å². The van der Waals surface area contributed by atoms with E-state index in [2.05, 4.69) is 29.5 Å². The number of nitrogens with one attached hydrogen (secondary N) is 2. The van der Waals surface area contributed by atoms with E-state index in [9.17, 15) is 4.79 Å². The zero-order valence-corrected chi connectivity index (χ0v) is 11.9. The number of hydrogen-bond acceptors (Lipinski definition) is 4. The van der Waals surface area contributed by atoms with Crippen LogP contribution in [0.2, 0.25) is 0 Å². The molecule has 106 valence electrons. The molecule has 2 unspecified atom stereocenters. The van der Waals surface area contributed by atoms with E-state index in [-0.39, 0.29) is 5.91 Å². The first-order valence-corrected chi connectivity index (χ1v) is 6.81. The fourth-order valence-electron chi connectivity index (χ4n) is 2.39. The van der Waals surface area contributed by atoms with Crippen LogP contribution in [0.4, 0.5) is 0 Å². The third kappa shape index (κ3) is 5.80. The van der Waals surface area contributed by atoms with Gasteiger partial charge in [0.05, 0.1) is 13.2 Å². The molecule has 0 aromatic rings. The summed E-state index contributed by atoms with van der Waals surface area (Å²) in [6.45, 7) is 6.03. The van der Waals surface area contributed by atoms with Gasteiger partial charge in [0.2, 0.25) is 5.91 Å². The predicted octanol–water partition coefficient (Wildman–Crippen LogP) is 0.0689. The van der Waals surface area contributed by atoms with Crippen molar-refractivity contribution in [2.45, 2.75) is 25.8 Å². The van der Waals surface area contributed by atoms with E-state index in [4.69, 9.17) is 4.74 Å². The summed E-state index contributed by atoms with van der Waals surface area (Å²) in [5.41, 5.74) is 0. The van der Waals surface area contributed by atoms with Gasteiger partial charge >= 0.3 is 0 Å². The molecule has 5 nitrogen and oxygen atoms in total. The van der Waals surface area contributed by atoms with Gasteiger partial charge in [-0.3, -0.25) is 4.79 Å². The Kier molecular flexibility index (Phi) is 7.23. The van der Waals surface area contributed by atoms with Crippen molar-refractivity contribution in [3.05, 3.63) is 0 Å². The summed E-state index contributed by atoms with van der Waals surface area (Å²) in [4.78, 5) is 13.9. The van der Waals surface area contributed by atoms with Crippen LogP contribution in [0.25, 0.3) is 0 Å². The second-order valence-corrected chi connectivity index (χ2v) is 5.18. The van der Waals surface area contributed by atoms with Crippen molar-refractivity contribution in [1.82, 2.24) is 15.5 Å². The van der Waals surface area contributed by atoms with Crippen LogP contribution in [0.3, 0.4) is 0 Å². The van der Waals surface area contributed by atoms with Crippen LogP contribution < -0.4 is 10.6 Å². The van der Waals surface area contributed by atoms with Gasteiger partial charge in [0.1, 0.15) is 0 Å². The Balaban J connectivity index is 2.15. The SMILES string of the molecule is COCCNC(=O)CNC(C)C1CCCN(C)C1. The van der Waals surface area contributed by atoms with Gasteiger partial charge in [-0.05, 0) is 39.3 Å². The average Bonchev–Trinajstić information content (AvgIpc) is 2.36. The predicted molar refractivity (Wildman–Crippen MR) is 72.6 cm³/mol. The number of hydrogen-bond donors (Lipinski definition) is 2. The molecule has 1 heterocycles. The molecule has 0 aromatic carbocycles. The minimum Gasteiger partial charge on any atom is -0.383 e. The Hall–Kier alpha value is -0.650. The van der Waals surface area contributed by atoms with Crippen molar-refractivity contribution in [1.29, 1.82) is 0 Å². The number of amides is 1. The summed E-state index contributed by atoms with van der Waals surface area (Å²) in [6, 6.07) is 0.390. The molecule has 0 spiro atoms. The van der Waals surface area contributed by atoms with Gasteiger partial charge in [0.15, 0.2) is 0 Å². The molecule has 1 aliphatic rings. The van der Waals surface area contributed by atoms with E-state index >= 15 is 0 Å². The number of carbonyl (C=O) groups excluding carboxylic acids is 1. The fourth-order valence-corrected chi connectivity index (χ4v) is 2.39. The van der Waals surface area contributed by atoms with Crippen LogP contribution in [0.15, 0.2) is 0 Å². The van der Waals surface area contributed by atoms with Crippen LogP contribution in [-0.2, 0) is 9.53 Å². The highest BCUT2D eigenvalue weighted by atomic mass is 16.5. The lowest BCUT2D eigenvalue weighted by molar-refractivity contribution is -0.120. The molecule has 18 heavy (non-hydrogen) atoms. The lowest BCUT2D eigenvalue weighted by Gasteiger charge is -2.33. The first kappa shape index (κ1) is 15.4. The summed E-state index contributed by atoms with van der Waals surface area (Å²) in [5.74, 6) is 0.693. The Morgan fingerprint density at radius 1 is 1.56 bits per heavy atom. The zero-order chi connectivity index (χ0) is 13.4. The zero-order valence-electron chi connectivity index (χ0n) is 11.9. The van der Waals surface area contributed by atoms with Crippen LogP contribution >= 0.6 is 0 Å². The minimum absolute atomic E-state index is 0.0445. The highest BCUT2D eigenvalue weighted by molar-refractivity contribution is 5.77. The van der Waals surface area contributed by atoms with Gasteiger partial charge in [0.25, 0.3) is 0 Å². The van der Waals surface area contributed by atoms with Gasteiger partial charge in [-0.1, -0.05) is 0 Å².